The van der Waals surface area contributed by atoms with E-state index in [4.69, 9.17) is 9.47 Å². The minimum atomic E-state index is -0.338. The molecule has 1 spiro atoms. The molecule has 0 N–H and O–H groups in total. The lowest BCUT2D eigenvalue weighted by Crippen LogP contribution is -2.49. The predicted octanol–water partition coefficient (Wildman–Crippen LogP) is 1.62. The van der Waals surface area contributed by atoms with Gasteiger partial charge in [-0.2, -0.15) is 0 Å². The normalized spacial score (nSPS) is 27.1. The molecular weight excluding hydrogens is 268 g/mol. The van der Waals surface area contributed by atoms with E-state index in [1.165, 1.54) is 32.1 Å². The summed E-state index contributed by atoms with van der Waals surface area (Å²) < 4.78 is 11.5. The summed E-state index contributed by atoms with van der Waals surface area (Å²) in [5, 5.41) is 0. The molecule has 21 heavy (non-hydrogen) atoms. The first-order valence-electron chi connectivity index (χ1n) is 8.44. The van der Waals surface area contributed by atoms with Crippen molar-refractivity contribution in [3.63, 3.8) is 0 Å². The van der Waals surface area contributed by atoms with Crippen molar-refractivity contribution in [2.24, 2.45) is 0 Å². The van der Waals surface area contributed by atoms with Gasteiger partial charge in [-0.1, -0.05) is 19.3 Å². The maximum atomic E-state index is 12.4. The summed E-state index contributed by atoms with van der Waals surface area (Å²) in [6.07, 6.45) is 7.97. The Bertz CT molecular complexity index is 353. The number of carbonyl (C=O) groups excluding carboxylic acids is 1. The fourth-order valence-electron chi connectivity index (χ4n) is 3.81. The Hall–Kier alpha value is -0.650. The van der Waals surface area contributed by atoms with Crippen molar-refractivity contribution in [3.05, 3.63) is 0 Å². The van der Waals surface area contributed by atoms with Crippen molar-refractivity contribution in [2.75, 3.05) is 39.9 Å². The smallest absolute Gasteiger partial charge is 0.236 e. The highest BCUT2D eigenvalue weighted by Crippen LogP contribution is 2.31. The fraction of sp³-hybridized carbons (Fsp3) is 0.938. The lowest BCUT2D eigenvalue weighted by molar-refractivity contribution is -0.186. The summed E-state index contributed by atoms with van der Waals surface area (Å²) in [4.78, 5) is 16.7. The SMILES string of the molecule is CN(C(=O)CN1CCC2(CC1)OCCO2)C1CCCCC1. The van der Waals surface area contributed by atoms with E-state index in [0.717, 1.165) is 25.9 Å². The van der Waals surface area contributed by atoms with E-state index in [2.05, 4.69) is 4.90 Å². The van der Waals surface area contributed by atoms with Crippen LogP contribution < -0.4 is 0 Å². The van der Waals surface area contributed by atoms with Crippen LogP contribution in [0.1, 0.15) is 44.9 Å². The van der Waals surface area contributed by atoms with Crippen LogP contribution in [0.2, 0.25) is 0 Å². The van der Waals surface area contributed by atoms with Gasteiger partial charge in [0.25, 0.3) is 0 Å². The van der Waals surface area contributed by atoms with Gasteiger partial charge in [-0.25, -0.2) is 0 Å². The molecule has 0 atom stereocenters. The Balaban J connectivity index is 1.44. The van der Waals surface area contributed by atoms with Crippen molar-refractivity contribution in [1.82, 2.24) is 9.80 Å². The molecular formula is C16H28N2O3. The molecule has 0 radical (unpaired) electrons. The molecule has 3 rings (SSSR count). The summed E-state index contributed by atoms with van der Waals surface area (Å²) in [6.45, 7) is 3.75. The Morgan fingerprint density at radius 1 is 1.14 bits per heavy atom. The molecule has 0 unspecified atom stereocenters. The lowest BCUT2D eigenvalue weighted by atomic mass is 9.94. The molecule has 2 heterocycles. The van der Waals surface area contributed by atoms with Crippen molar-refractivity contribution in [1.29, 1.82) is 0 Å². The minimum Gasteiger partial charge on any atom is -0.347 e. The number of hydrogen-bond donors (Lipinski definition) is 0. The molecule has 1 aliphatic carbocycles. The second kappa shape index (κ2) is 6.63. The van der Waals surface area contributed by atoms with Gasteiger partial charge in [-0.15, -0.1) is 0 Å². The molecule has 3 aliphatic rings. The van der Waals surface area contributed by atoms with E-state index >= 15 is 0 Å². The number of rotatable bonds is 3. The molecule has 1 amide bonds. The summed E-state index contributed by atoms with van der Waals surface area (Å²) in [5.41, 5.74) is 0. The number of likely N-dealkylation sites (N-methyl/N-ethyl adjacent to an activating group) is 1. The van der Waals surface area contributed by atoms with Gasteiger partial charge < -0.3 is 14.4 Å². The molecule has 1 saturated carbocycles. The van der Waals surface area contributed by atoms with E-state index in [-0.39, 0.29) is 11.7 Å². The Morgan fingerprint density at radius 3 is 2.38 bits per heavy atom. The van der Waals surface area contributed by atoms with Gasteiger partial charge in [-0.05, 0) is 12.8 Å². The van der Waals surface area contributed by atoms with E-state index in [0.29, 0.717) is 25.8 Å². The third-order valence-corrected chi connectivity index (χ3v) is 5.31. The van der Waals surface area contributed by atoms with E-state index in [9.17, 15) is 4.79 Å². The van der Waals surface area contributed by atoms with Gasteiger partial charge in [0.2, 0.25) is 5.91 Å². The van der Waals surface area contributed by atoms with Crippen LogP contribution >= 0.6 is 0 Å². The minimum absolute atomic E-state index is 0.270. The first kappa shape index (κ1) is 15.3. The third-order valence-electron chi connectivity index (χ3n) is 5.31. The van der Waals surface area contributed by atoms with Crippen LogP contribution in [0.4, 0.5) is 0 Å². The average molecular weight is 296 g/mol. The average Bonchev–Trinajstić information content (AvgIpc) is 2.98. The van der Waals surface area contributed by atoms with Crippen LogP contribution in [0.25, 0.3) is 0 Å². The third kappa shape index (κ3) is 3.58. The quantitative estimate of drug-likeness (QED) is 0.793. The van der Waals surface area contributed by atoms with Crippen molar-refractivity contribution in [2.45, 2.75) is 56.8 Å². The summed E-state index contributed by atoms with van der Waals surface area (Å²) >= 11 is 0. The van der Waals surface area contributed by atoms with Gasteiger partial charge in [0.1, 0.15) is 0 Å². The van der Waals surface area contributed by atoms with Crippen LogP contribution in [0.5, 0.6) is 0 Å². The van der Waals surface area contributed by atoms with Crippen LogP contribution in [0, 0.1) is 0 Å². The van der Waals surface area contributed by atoms with Crippen molar-refractivity contribution in [3.8, 4) is 0 Å². The van der Waals surface area contributed by atoms with E-state index < -0.39 is 0 Å². The molecule has 0 aromatic rings. The fourth-order valence-corrected chi connectivity index (χ4v) is 3.81. The van der Waals surface area contributed by atoms with Gasteiger partial charge >= 0.3 is 0 Å². The highest BCUT2D eigenvalue weighted by molar-refractivity contribution is 5.78. The van der Waals surface area contributed by atoms with Gasteiger partial charge in [0.15, 0.2) is 5.79 Å². The van der Waals surface area contributed by atoms with Gasteiger partial charge in [0, 0.05) is 39.0 Å². The molecule has 2 aliphatic heterocycles. The van der Waals surface area contributed by atoms with E-state index in [1.54, 1.807) is 0 Å². The second-order valence-corrected chi connectivity index (χ2v) is 6.68. The number of hydrogen-bond acceptors (Lipinski definition) is 4. The first-order valence-corrected chi connectivity index (χ1v) is 8.44. The van der Waals surface area contributed by atoms with Gasteiger partial charge in [0.05, 0.1) is 19.8 Å². The maximum Gasteiger partial charge on any atom is 0.236 e. The summed E-state index contributed by atoms with van der Waals surface area (Å²) in [7, 11) is 1.98. The molecule has 120 valence electrons. The molecule has 3 fully saturated rings. The summed E-state index contributed by atoms with van der Waals surface area (Å²) in [6, 6.07) is 0.462. The zero-order valence-corrected chi connectivity index (χ0v) is 13.2. The van der Waals surface area contributed by atoms with Crippen LogP contribution in [0.3, 0.4) is 0 Å². The molecule has 5 nitrogen and oxygen atoms in total. The van der Waals surface area contributed by atoms with E-state index in [1.807, 2.05) is 11.9 Å². The van der Waals surface area contributed by atoms with Crippen LogP contribution in [-0.2, 0) is 14.3 Å². The largest absolute Gasteiger partial charge is 0.347 e. The number of amides is 1. The molecule has 0 aromatic heterocycles. The molecule has 0 bridgehead atoms. The highest BCUT2D eigenvalue weighted by atomic mass is 16.7. The second-order valence-electron chi connectivity index (χ2n) is 6.68. The van der Waals surface area contributed by atoms with Crippen LogP contribution in [0.15, 0.2) is 0 Å². The highest BCUT2D eigenvalue weighted by Gasteiger charge is 2.40. The maximum absolute atomic E-state index is 12.4. The standard InChI is InChI=1S/C16H28N2O3/c1-17(14-5-3-2-4-6-14)15(19)13-18-9-7-16(8-10-18)20-11-12-21-16/h14H,2-13H2,1H3. The van der Waals surface area contributed by atoms with Gasteiger partial charge in [-0.3, -0.25) is 9.69 Å². The number of nitrogens with zero attached hydrogens (tertiary/aromatic N) is 2. The van der Waals surface area contributed by atoms with Crippen molar-refractivity contribution >= 4 is 5.91 Å². The number of carbonyl (C=O) groups is 1. The first-order chi connectivity index (χ1) is 10.2. The Kier molecular flexibility index (Phi) is 4.82. The summed E-state index contributed by atoms with van der Waals surface area (Å²) in [5.74, 6) is -0.0689. The number of piperidine rings is 1. The molecule has 2 saturated heterocycles. The number of likely N-dealkylation sites (tertiary alicyclic amines) is 1. The predicted molar refractivity (Wildman–Crippen MR) is 80.0 cm³/mol. The Morgan fingerprint density at radius 2 is 1.76 bits per heavy atom. The monoisotopic (exact) mass is 296 g/mol. The topological polar surface area (TPSA) is 42.0 Å². The van der Waals surface area contributed by atoms with Crippen molar-refractivity contribution < 1.29 is 14.3 Å². The molecule has 5 heteroatoms. The van der Waals surface area contributed by atoms with Crippen LogP contribution in [-0.4, -0.2) is 67.4 Å². The molecule has 0 aromatic carbocycles. The Labute approximate surface area is 127 Å². The zero-order valence-electron chi connectivity index (χ0n) is 13.2. The number of ether oxygens (including phenoxy) is 2. The zero-order chi connectivity index (χ0) is 14.7. The lowest BCUT2D eigenvalue weighted by Gasteiger charge is -2.38.